The SMILES string of the molecule is CC1CCC(C(=O)Cc2ccoc2)C1. The van der Waals surface area contributed by atoms with E-state index >= 15 is 0 Å². The lowest BCUT2D eigenvalue weighted by Gasteiger charge is -2.06. The molecule has 1 aliphatic rings. The Morgan fingerprint density at radius 2 is 2.43 bits per heavy atom. The van der Waals surface area contributed by atoms with Crippen molar-refractivity contribution in [1.82, 2.24) is 0 Å². The smallest absolute Gasteiger partial charge is 0.140 e. The second-order valence-electron chi connectivity index (χ2n) is 4.39. The third-order valence-corrected chi connectivity index (χ3v) is 3.11. The van der Waals surface area contributed by atoms with Crippen molar-refractivity contribution in [2.75, 3.05) is 0 Å². The first-order chi connectivity index (χ1) is 6.75. The first kappa shape index (κ1) is 9.50. The normalized spacial score (nSPS) is 26.6. The van der Waals surface area contributed by atoms with Crippen LogP contribution in [-0.4, -0.2) is 5.78 Å². The molecule has 1 aromatic rings. The van der Waals surface area contributed by atoms with E-state index in [1.165, 1.54) is 6.42 Å². The summed E-state index contributed by atoms with van der Waals surface area (Å²) in [5, 5.41) is 0. The van der Waals surface area contributed by atoms with E-state index in [4.69, 9.17) is 4.42 Å². The molecule has 0 radical (unpaired) electrons. The molecule has 2 rings (SSSR count). The van der Waals surface area contributed by atoms with Gasteiger partial charge in [-0.05, 0) is 36.8 Å². The third kappa shape index (κ3) is 2.06. The van der Waals surface area contributed by atoms with Crippen LogP contribution in [0.2, 0.25) is 0 Å². The molecule has 2 nitrogen and oxygen atoms in total. The number of rotatable bonds is 3. The van der Waals surface area contributed by atoms with E-state index in [0.29, 0.717) is 18.1 Å². The van der Waals surface area contributed by atoms with Crippen molar-refractivity contribution in [3.8, 4) is 0 Å². The molecule has 2 heteroatoms. The van der Waals surface area contributed by atoms with Gasteiger partial charge in [0.05, 0.1) is 12.5 Å². The van der Waals surface area contributed by atoms with Gasteiger partial charge in [-0.15, -0.1) is 0 Å². The van der Waals surface area contributed by atoms with Gasteiger partial charge < -0.3 is 4.42 Å². The Balaban J connectivity index is 1.90. The fourth-order valence-corrected chi connectivity index (χ4v) is 2.24. The molecular formula is C12H16O2. The molecule has 1 saturated carbocycles. The van der Waals surface area contributed by atoms with Gasteiger partial charge in [-0.2, -0.15) is 0 Å². The van der Waals surface area contributed by atoms with Crippen molar-refractivity contribution in [2.45, 2.75) is 32.6 Å². The van der Waals surface area contributed by atoms with E-state index in [-0.39, 0.29) is 0 Å². The first-order valence-electron chi connectivity index (χ1n) is 5.29. The average Bonchev–Trinajstić information content (AvgIpc) is 2.75. The molecule has 0 bridgehead atoms. The second-order valence-corrected chi connectivity index (χ2v) is 4.39. The fourth-order valence-electron chi connectivity index (χ4n) is 2.24. The molecule has 0 aliphatic heterocycles. The lowest BCUT2D eigenvalue weighted by molar-refractivity contribution is -0.122. The van der Waals surface area contributed by atoms with E-state index in [1.54, 1.807) is 12.5 Å². The van der Waals surface area contributed by atoms with E-state index in [1.807, 2.05) is 6.07 Å². The maximum absolute atomic E-state index is 11.8. The number of carbonyl (C=O) groups excluding carboxylic acids is 1. The molecule has 1 aromatic heterocycles. The minimum Gasteiger partial charge on any atom is -0.472 e. The first-order valence-corrected chi connectivity index (χ1v) is 5.29. The van der Waals surface area contributed by atoms with Crippen LogP contribution >= 0.6 is 0 Å². The molecule has 14 heavy (non-hydrogen) atoms. The fraction of sp³-hybridized carbons (Fsp3) is 0.583. The van der Waals surface area contributed by atoms with Crippen LogP contribution < -0.4 is 0 Å². The van der Waals surface area contributed by atoms with E-state index < -0.39 is 0 Å². The monoisotopic (exact) mass is 192 g/mol. The number of ketones is 1. The van der Waals surface area contributed by atoms with Gasteiger partial charge in [-0.3, -0.25) is 4.79 Å². The van der Waals surface area contributed by atoms with Crippen molar-refractivity contribution >= 4 is 5.78 Å². The summed E-state index contributed by atoms with van der Waals surface area (Å²) in [6, 6.07) is 1.87. The summed E-state index contributed by atoms with van der Waals surface area (Å²) in [5.41, 5.74) is 1.01. The molecule has 0 N–H and O–H groups in total. The largest absolute Gasteiger partial charge is 0.472 e. The van der Waals surface area contributed by atoms with Crippen molar-refractivity contribution in [2.24, 2.45) is 11.8 Å². The van der Waals surface area contributed by atoms with E-state index in [2.05, 4.69) is 6.92 Å². The lowest BCUT2D eigenvalue weighted by Crippen LogP contribution is -2.13. The van der Waals surface area contributed by atoms with Gasteiger partial charge in [0.25, 0.3) is 0 Å². The Labute approximate surface area is 84.3 Å². The summed E-state index contributed by atoms with van der Waals surface area (Å²) in [7, 11) is 0. The van der Waals surface area contributed by atoms with Crippen LogP contribution in [0.3, 0.4) is 0 Å². The number of hydrogen-bond acceptors (Lipinski definition) is 2. The predicted molar refractivity (Wildman–Crippen MR) is 53.9 cm³/mol. The summed E-state index contributed by atoms with van der Waals surface area (Å²) in [6.45, 7) is 2.23. The number of hydrogen-bond donors (Lipinski definition) is 0. The van der Waals surface area contributed by atoms with Gasteiger partial charge in [0, 0.05) is 12.3 Å². The molecular weight excluding hydrogens is 176 g/mol. The Bertz CT molecular complexity index is 300. The highest BCUT2D eigenvalue weighted by molar-refractivity contribution is 5.83. The highest BCUT2D eigenvalue weighted by Crippen LogP contribution is 2.31. The molecule has 76 valence electrons. The van der Waals surface area contributed by atoms with Crippen molar-refractivity contribution in [3.05, 3.63) is 24.2 Å². The Kier molecular flexibility index (Phi) is 2.71. The van der Waals surface area contributed by atoms with Crippen LogP contribution in [-0.2, 0) is 11.2 Å². The Hall–Kier alpha value is -1.05. The molecule has 1 fully saturated rings. The molecule has 1 aliphatic carbocycles. The molecule has 2 unspecified atom stereocenters. The molecule has 0 saturated heterocycles. The molecule has 0 spiro atoms. The quantitative estimate of drug-likeness (QED) is 0.737. The highest BCUT2D eigenvalue weighted by atomic mass is 16.3. The van der Waals surface area contributed by atoms with Crippen LogP contribution in [0, 0.1) is 11.8 Å². The maximum atomic E-state index is 11.8. The number of carbonyl (C=O) groups is 1. The van der Waals surface area contributed by atoms with E-state index in [0.717, 1.165) is 24.3 Å². The zero-order valence-electron chi connectivity index (χ0n) is 8.53. The second kappa shape index (κ2) is 3.99. The maximum Gasteiger partial charge on any atom is 0.140 e. The standard InChI is InChI=1S/C12H16O2/c1-9-2-3-11(6-9)12(13)7-10-4-5-14-8-10/h4-5,8-9,11H,2-3,6-7H2,1H3. The average molecular weight is 192 g/mol. The van der Waals surface area contributed by atoms with Gasteiger partial charge in [0.2, 0.25) is 0 Å². The summed E-state index contributed by atoms with van der Waals surface area (Å²) in [6.07, 6.45) is 7.21. The van der Waals surface area contributed by atoms with Gasteiger partial charge in [-0.1, -0.05) is 6.92 Å². The van der Waals surface area contributed by atoms with Crippen molar-refractivity contribution < 1.29 is 9.21 Å². The van der Waals surface area contributed by atoms with Gasteiger partial charge in [0.15, 0.2) is 0 Å². The van der Waals surface area contributed by atoms with Gasteiger partial charge in [0.1, 0.15) is 5.78 Å². The summed E-state index contributed by atoms with van der Waals surface area (Å²) in [5.74, 6) is 1.42. The summed E-state index contributed by atoms with van der Waals surface area (Å²) < 4.78 is 4.95. The predicted octanol–water partition coefficient (Wildman–Crippen LogP) is 2.83. The summed E-state index contributed by atoms with van der Waals surface area (Å²) >= 11 is 0. The molecule has 2 atom stereocenters. The summed E-state index contributed by atoms with van der Waals surface area (Å²) in [4.78, 5) is 11.8. The minimum absolute atomic E-state index is 0.305. The zero-order chi connectivity index (χ0) is 9.97. The van der Waals surface area contributed by atoms with Crippen LogP contribution in [0.5, 0.6) is 0 Å². The lowest BCUT2D eigenvalue weighted by atomic mass is 9.97. The topological polar surface area (TPSA) is 30.2 Å². The van der Waals surface area contributed by atoms with Crippen LogP contribution in [0.15, 0.2) is 23.0 Å². The van der Waals surface area contributed by atoms with Gasteiger partial charge in [-0.25, -0.2) is 0 Å². The third-order valence-electron chi connectivity index (χ3n) is 3.11. The Morgan fingerprint density at radius 1 is 1.57 bits per heavy atom. The minimum atomic E-state index is 0.305. The van der Waals surface area contributed by atoms with Crippen LogP contribution in [0.4, 0.5) is 0 Å². The highest BCUT2D eigenvalue weighted by Gasteiger charge is 2.27. The van der Waals surface area contributed by atoms with Crippen molar-refractivity contribution in [1.29, 1.82) is 0 Å². The van der Waals surface area contributed by atoms with Crippen LogP contribution in [0.25, 0.3) is 0 Å². The molecule has 1 heterocycles. The van der Waals surface area contributed by atoms with Crippen molar-refractivity contribution in [3.63, 3.8) is 0 Å². The van der Waals surface area contributed by atoms with E-state index in [9.17, 15) is 4.79 Å². The van der Waals surface area contributed by atoms with Gasteiger partial charge >= 0.3 is 0 Å². The Morgan fingerprint density at radius 3 is 3.00 bits per heavy atom. The zero-order valence-corrected chi connectivity index (χ0v) is 8.53. The van der Waals surface area contributed by atoms with Crippen LogP contribution in [0.1, 0.15) is 31.7 Å². The number of furan rings is 1. The molecule has 0 amide bonds. The molecule has 0 aromatic carbocycles. The number of Topliss-reactive ketones (excluding diaryl/α,β-unsaturated/α-hetero) is 1.